The van der Waals surface area contributed by atoms with Crippen molar-refractivity contribution >= 4 is 46.1 Å². The minimum Gasteiger partial charge on any atom is -0.416 e. The van der Waals surface area contributed by atoms with Crippen LogP contribution < -0.4 is 0 Å². The highest BCUT2D eigenvalue weighted by Gasteiger charge is 2.37. The zero-order valence-corrected chi connectivity index (χ0v) is 22.1. The molecule has 152 valence electrons. The largest absolute Gasteiger partial charge is 0.416 e. The normalized spacial score (nSPS) is 13.3. The van der Waals surface area contributed by atoms with Gasteiger partial charge in [-0.2, -0.15) is 12.6 Å². The molecule has 0 spiro atoms. The molecule has 0 aromatic heterocycles. The molecule has 0 saturated heterocycles. The summed E-state index contributed by atoms with van der Waals surface area (Å²) in [4.78, 5) is 10.7. The molecule has 0 N–H and O–H groups in total. The predicted molar refractivity (Wildman–Crippen MR) is 123 cm³/mol. The van der Waals surface area contributed by atoms with E-state index in [4.69, 9.17) is 8.85 Å². The van der Waals surface area contributed by atoms with E-state index in [0.717, 1.165) is 18.1 Å². The maximum atomic E-state index is 10.7. The molecule has 0 heterocycles. The molecule has 0 aliphatic carbocycles. The Labute approximate surface area is 169 Å². The van der Waals surface area contributed by atoms with Crippen molar-refractivity contribution in [3.05, 3.63) is 0 Å². The van der Waals surface area contributed by atoms with Gasteiger partial charge in [0.25, 0.3) is 0 Å². The quantitative estimate of drug-likeness (QED) is 0.297. The Bertz CT molecular complexity index is 387. The highest BCUT2D eigenvalue weighted by Crippen LogP contribution is 2.37. The van der Waals surface area contributed by atoms with Crippen LogP contribution in [0, 0.1) is 0 Å². The molecular weight excluding hydrogens is 385 g/mol. The van der Waals surface area contributed by atoms with Crippen LogP contribution in [0.25, 0.3) is 0 Å². The van der Waals surface area contributed by atoms with Gasteiger partial charge in [0.15, 0.2) is 21.8 Å². The van der Waals surface area contributed by atoms with E-state index in [1.165, 1.54) is 11.8 Å². The molecule has 0 aliphatic rings. The van der Waals surface area contributed by atoms with Gasteiger partial charge in [0.2, 0.25) is 0 Å². The number of hydrogen-bond acceptors (Lipinski definition) is 5. The third-order valence-electron chi connectivity index (χ3n) is 5.02. The van der Waals surface area contributed by atoms with Crippen molar-refractivity contribution in [1.29, 1.82) is 0 Å². The molecule has 0 aromatic rings. The molecule has 0 aliphatic heterocycles. The molecule has 0 radical (unpaired) electrons. The highest BCUT2D eigenvalue weighted by molar-refractivity contribution is 8.13. The van der Waals surface area contributed by atoms with Crippen molar-refractivity contribution in [2.45, 2.75) is 84.7 Å². The molecule has 3 nitrogen and oxygen atoms in total. The average Bonchev–Trinajstić information content (AvgIpc) is 2.39. The van der Waals surface area contributed by atoms with Crippen LogP contribution >= 0.6 is 24.4 Å². The van der Waals surface area contributed by atoms with Crippen LogP contribution in [0.5, 0.6) is 0 Å². The fourth-order valence-electron chi connectivity index (χ4n) is 1.22. The first-order chi connectivity index (χ1) is 11.0. The van der Waals surface area contributed by atoms with Gasteiger partial charge in [0, 0.05) is 31.6 Å². The van der Waals surface area contributed by atoms with Gasteiger partial charge in [-0.1, -0.05) is 53.3 Å². The molecule has 0 atom stereocenters. The third kappa shape index (κ3) is 12.7. The maximum absolute atomic E-state index is 10.7. The van der Waals surface area contributed by atoms with Crippen molar-refractivity contribution in [3.63, 3.8) is 0 Å². The van der Waals surface area contributed by atoms with E-state index in [2.05, 4.69) is 80.4 Å². The van der Waals surface area contributed by atoms with Crippen molar-refractivity contribution in [3.8, 4) is 0 Å². The van der Waals surface area contributed by atoms with E-state index in [-0.39, 0.29) is 10.2 Å². The first-order valence-electron chi connectivity index (χ1n) is 9.00. The van der Waals surface area contributed by atoms with Crippen molar-refractivity contribution < 1.29 is 13.6 Å². The number of carbonyl (C=O) groups excluding carboxylic acids is 1. The van der Waals surface area contributed by atoms with Gasteiger partial charge in [0.05, 0.1) is 0 Å². The van der Waals surface area contributed by atoms with Gasteiger partial charge in [0.1, 0.15) is 0 Å². The maximum Gasteiger partial charge on any atom is 0.192 e. The van der Waals surface area contributed by atoms with E-state index in [1.54, 1.807) is 6.92 Å². The lowest BCUT2D eigenvalue weighted by Gasteiger charge is -2.36. The van der Waals surface area contributed by atoms with Crippen LogP contribution in [0.3, 0.4) is 0 Å². The Morgan fingerprint density at radius 2 is 1.24 bits per heavy atom. The van der Waals surface area contributed by atoms with Gasteiger partial charge in [-0.3, -0.25) is 4.79 Å². The fourth-order valence-corrected chi connectivity index (χ4v) is 4.17. The van der Waals surface area contributed by atoms with Crippen LogP contribution in [0.4, 0.5) is 0 Å². The molecule has 0 fully saturated rings. The van der Waals surface area contributed by atoms with Crippen LogP contribution in [0.2, 0.25) is 36.3 Å². The van der Waals surface area contributed by atoms with Crippen molar-refractivity contribution in [1.82, 2.24) is 0 Å². The number of hydrogen-bond donors (Lipinski definition) is 1. The fraction of sp³-hybridized carbons (Fsp3) is 0.944. The number of rotatable bonds is 7. The Hall–Kier alpha value is 0.724. The van der Waals surface area contributed by atoms with Gasteiger partial charge < -0.3 is 8.85 Å². The van der Waals surface area contributed by atoms with E-state index in [9.17, 15) is 4.79 Å². The van der Waals surface area contributed by atoms with Crippen LogP contribution in [0.15, 0.2) is 0 Å². The molecule has 0 saturated carbocycles. The Balaban J connectivity index is 0. The van der Waals surface area contributed by atoms with E-state index in [1.807, 2.05) is 0 Å². The van der Waals surface area contributed by atoms with Crippen molar-refractivity contribution in [2.24, 2.45) is 0 Å². The lowest BCUT2D eigenvalue weighted by Crippen LogP contribution is -2.41. The van der Waals surface area contributed by atoms with Crippen LogP contribution in [0.1, 0.15) is 48.5 Å². The second-order valence-corrected chi connectivity index (χ2v) is 20.6. The molecule has 0 bridgehead atoms. The van der Waals surface area contributed by atoms with Gasteiger partial charge in [-0.05, 0) is 36.3 Å². The average molecular weight is 427 g/mol. The molecule has 0 amide bonds. The van der Waals surface area contributed by atoms with E-state index < -0.39 is 16.6 Å². The number of carbonyl (C=O) groups is 1. The summed E-state index contributed by atoms with van der Waals surface area (Å²) in [6.45, 7) is 25.5. The van der Waals surface area contributed by atoms with Gasteiger partial charge in [-0.25, -0.2) is 0 Å². The third-order valence-corrected chi connectivity index (χ3v) is 15.1. The van der Waals surface area contributed by atoms with Gasteiger partial charge in [-0.15, -0.1) is 0 Å². The standard InChI is InChI=1S/C10H22O2SSi.C8H20OSSi/c1-9(11)13-8-7-12-14(5,6)10(2,3)4;1-8(2,3)11(4,5)9-6-7-10/h7-8H2,1-6H3;10H,6-7H2,1-5H3. The number of thiol groups is 1. The molecule has 0 rings (SSSR count). The lowest BCUT2D eigenvalue weighted by molar-refractivity contribution is -0.109. The molecule has 0 unspecified atom stereocenters. The molecule has 25 heavy (non-hydrogen) atoms. The Morgan fingerprint density at radius 3 is 1.52 bits per heavy atom. The van der Waals surface area contributed by atoms with Crippen molar-refractivity contribution in [2.75, 3.05) is 24.7 Å². The zero-order valence-electron chi connectivity index (χ0n) is 18.4. The molecule has 0 aromatic carbocycles. The molecule has 7 heteroatoms. The summed E-state index contributed by atoms with van der Waals surface area (Å²) in [5.41, 5.74) is 0. The second kappa shape index (κ2) is 11.5. The summed E-state index contributed by atoms with van der Waals surface area (Å²) in [5, 5.41) is 0.757. The lowest BCUT2D eigenvalue weighted by atomic mass is 10.2. The topological polar surface area (TPSA) is 35.5 Å². The van der Waals surface area contributed by atoms with Crippen LogP contribution in [-0.4, -0.2) is 46.5 Å². The first kappa shape index (κ1) is 27.9. The summed E-state index contributed by atoms with van der Waals surface area (Å²) >= 11 is 5.47. The Kier molecular flexibility index (Phi) is 12.9. The second-order valence-electron chi connectivity index (χ2n) is 9.28. The summed E-state index contributed by atoms with van der Waals surface area (Å²) in [5.74, 6) is 1.61. The minimum atomic E-state index is -1.60. The number of thioether (sulfide) groups is 1. The zero-order chi connectivity index (χ0) is 20.5. The smallest absolute Gasteiger partial charge is 0.192 e. The first-order valence-corrected chi connectivity index (χ1v) is 16.4. The van der Waals surface area contributed by atoms with E-state index in [0.29, 0.717) is 11.6 Å². The van der Waals surface area contributed by atoms with Crippen LogP contribution in [-0.2, 0) is 13.6 Å². The predicted octanol–water partition coefficient (Wildman–Crippen LogP) is 6.23. The minimum absolute atomic E-state index is 0.170. The monoisotopic (exact) mass is 426 g/mol. The SMILES string of the molecule is CC(=O)SCCO[Si](C)(C)C(C)(C)C.CC(C)(C)[Si](C)(C)OCCS. The van der Waals surface area contributed by atoms with Gasteiger partial charge >= 0.3 is 0 Å². The summed E-state index contributed by atoms with van der Waals surface area (Å²) in [6.07, 6.45) is 0. The molecular formula is C18H42O3S2Si2. The summed E-state index contributed by atoms with van der Waals surface area (Å²) < 4.78 is 11.7. The summed E-state index contributed by atoms with van der Waals surface area (Å²) in [6, 6.07) is 0. The highest BCUT2D eigenvalue weighted by atomic mass is 32.2. The Morgan fingerprint density at radius 1 is 0.880 bits per heavy atom. The summed E-state index contributed by atoms with van der Waals surface area (Å²) in [7, 11) is -3.08. The van der Waals surface area contributed by atoms with E-state index >= 15 is 0 Å².